The molecule has 1 N–H and O–H groups in total. The SMILES string of the molecule is OC1CCC2=C(C1)CC(CCN1CCCCC1)C2. The molecule has 2 nitrogen and oxygen atoms in total. The molecule has 2 aliphatic carbocycles. The summed E-state index contributed by atoms with van der Waals surface area (Å²) in [7, 11) is 0. The molecular weight excluding hydrogens is 222 g/mol. The first-order chi connectivity index (χ1) is 8.81. The Hall–Kier alpha value is -0.340. The second-order valence-corrected chi connectivity index (χ2v) is 6.57. The fourth-order valence-electron chi connectivity index (χ4n) is 4.04. The number of rotatable bonds is 3. The fraction of sp³-hybridized carbons (Fsp3) is 0.875. The summed E-state index contributed by atoms with van der Waals surface area (Å²) in [5.41, 5.74) is 3.33. The van der Waals surface area contributed by atoms with Crippen molar-refractivity contribution in [2.24, 2.45) is 5.92 Å². The van der Waals surface area contributed by atoms with Gasteiger partial charge in [0, 0.05) is 0 Å². The first kappa shape index (κ1) is 12.7. The van der Waals surface area contributed by atoms with E-state index < -0.39 is 0 Å². The van der Waals surface area contributed by atoms with Gasteiger partial charge in [0.15, 0.2) is 0 Å². The van der Waals surface area contributed by atoms with Crippen LogP contribution in [0.25, 0.3) is 0 Å². The molecule has 18 heavy (non-hydrogen) atoms. The zero-order chi connectivity index (χ0) is 12.4. The van der Waals surface area contributed by atoms with Crippen molar-refractivity contribution in [2.75, 3.05) is 19.6 Å². The van der Waals surface area contributed by atoms with Crippen molar-refractivity contribution < 1.29 is 5.11 Å². The van der Waals surface area contributed by atoms with Gasteiger partial charge in [0.25, 0.3) is 0 Å². The summed E-state index contributed by atoms with van der Waals surface area (Å²) < 4.78 is 0. The highest BCUT2D eigenvalue weighted by molar-refractivity contribution is 5.24. The molecule has 2 unspecified atom stereocenters. The number of aliphatic hydroxyl groups excluding tert-OH is 1. The summed E-state index contributed by atoms with van der Waals surface area (Å²) >= 11 is 0. The van der Waals surface area contributed by atoms with Crippen LogP contribution < -0.4 is 0 Å². The first-order valence-electron chi connectivity index (χ1n) is 7.91. The van der Waals surface area contributed by atoms with E-state index in [9.17, 15) is 5.11 Å². The van der Waals surface area contributed by atoms with Gasteiger partial charge in [0.1, 0.15) is 0 Å². The van der Waals surface area contributed by atoms with Crippen molar-refractivity contribution >= 4 is 0 Å². The second-order valence-electron chi connectivity index (χ2n) is 6.57. The molecule has 0 aromatic carbocycles. The summed E-state index contributed by atoms with van der Waals surface area (Å²) in [6, 6.07) is 0. The second kappa shape index (κ2) is 5.75. The predicted molar refractivity (Wildman–Crippen MR) is 74.5 cm³/mol. The van der Waals surface area contributed by atoms with E-state index in [4.69, 9.17) is 0 Å². The molecule has 0 amide bonds. The summed E-state index contributed by atoms with van der Waals surface area (Å²) in [4.78, 5) is 2.66. The minimum Gasteiger partial charge on any atom is -0.393 e. The van der Waals surface area contributed by atoms with Gasteiger partial charge in [-0.3, -0.25) is 0 Å². The standard InChI is InChI=1S/C16H27NO/c18-16-5-4-14-10-13(11-15(14)12-16)6-9-17-7-2-1-3-8-17/h13,16,18H,1-12H2. The quantitative estimate of drug-likeness (QED) is 0.777. The third-order valence-electron chi connectivity index (χ3n) is 5.13. The maximum absolute atomic E-state index is 9.73. The molecule has 1 heterocycles. The van der Waals surface area contributed by atoms with Crippen LogP contribution in [0.5, 0.6) is 0 Å². The minimum atomic E-state index is -0.0374. The molecule has 2 atom stereocenters. The molecular formula is C16H27NO. The van der Waals surface area contributed by atoms with E-state index in [1.54, 1.807) is 11.1 Å². The molecule has 0 aromatic heterocycles. The molecule has 0 saturated carbocycles. The van der Waals surface area contributed by atoms with E-state index in [0.29, 0.717) is 0 Å². The molecule has 102 valence electrons. The van der Waals surface area contributed by atoms with Gasteiger partial charge in [0.05, 0.1) is 6.10 Å². The molecule has 2 heteroatoms. The van der Waals surface area contributed by atoms with E-state index in [-0.39, 0.29) is 6.10 Å². The Morgan fingerprint density at radius 3 is 2.61 bits per heavy atom. The first-order valence-corrected chi connectivity index (χ1v) is 7.91. The normalized spacial score (nSPS) is 33.8. The van der Waals surface area contributed by atoms with Crippen LogP contribution >= 0.6 is 0 Å². The topological polar surface area (TPSA) is 23.5 Å². The van der Waals surface area contributed by atoms with E-state index >= 15 is 0 Å². The molecule has 1 fully saturated rings. The Bertz CT molecular complexity index is 317. The molecule has 1 saturated heterocycles. The number of hydrogen-bond acceptors (Lipinski definition) is 2. The number of allylic oxidation sites excluding steroid dienone is 1. The number of nitrogens with zero attached hydrogens (tertiary/aromatic N) is 1. The number of piperidine rings is 1. The number of likely N-dealkylation sites (tertiary alicyclic amines) is 1. The number of hydrogen-bond donors (Lipinski definition) is 1. The van der Waals surface area contributed by atoms with Crippen LogP contribution in [0.2, 0.25) is 0 Å². The van der Waals surface area contributed by atoms with E-state index in [2.05, 4.69) is 4.90 Å². The smallest absolute Gasteiger partial charge is 0.0580 e. The van der Waals surface area contributed by atoms with Crippen LogP contribution in [0, 0.1) is 5.92 Å². The lowest BCUT2D eigenvalue weighted by molar-refractivity contribution is 0.158. The van der Waals surface area contributed by atoms with Crippen molar-refractivity contribution in [3.8, 4) is 0 Å². The van der Waals surface area contributed by atoms with Crippen LogP contribution in [0.1, 0.15) is 57.8 Å². The van der Waals surface area contributed by atoms with Crippen LogP contribution in [0.4, 0.5) is 0 Å². The van der Waals surface area contributed by atoms with Crippen molar-refractivity contribution in [2.45, 2.75) is 63.9 Å². The highest BCUT2D eigenvalue weighted by Crippen LogP contribution is 2.41. The van der Waals surface area contributed by atoms with E-state index in [1.807, 2.05) is 0 Å². The third kappa shape index (κ3) is 2.97. The minimum absolute atomic E-state index is 0.0374. The molecule has 0 bridgehead atoms. The summed E-state index contributed by atoms with van der Waals surface area (Å²) in [6.07, 6.45) is 11.4. The lowest BCUT2D eigenvalue weighted by atomic mass is 9.92. The van der Waals surface area contributed by atoms with Crippen molar-refractivity contribution in [1.29, 1.82) is 0 Å². The Morgan fingerprint density at radius 1 is 1.00 bits per heavy atom. The highest BCUT2D eigenvalue weighted by Gasteiger charge is 2.28. The lowest BCUT2D eigenvalue weighted by Gasteiger charge is -2.27. The monoisotopic (exact) mass is 249 g/mol. The van der Waals surface area contributed by atoms with Crippen molar-refractivity contribution in [1.82, 2.24) is 4.90 Å². The van der Waals surface area contributed by atoms with Crippen LogP contribution in [0.3, 0.4) is 0 Å². The van der Waals surface area contributed by atoms with Gasteiger partial charge in [-0.25, -0.2) is 0 Å². The highest BCUT2D eigenvalue weighted by atomic mass is 16.3. The van der Waals surface area contributed by atoms with Gasteiger partial charge in [-0.1, -0.05) is 17.6 Å². The molecule has 3 rings (SSSR count). The van der Waals surface area contributed by atoms with Gasteiger partial charge in [-0.05, 0) is 76.9 Å². The summed E-state index contributed by atoms with van der Waals surface area (Å²) in [6.45, 7) is 3.98. The van der Waals surface area contributed by atoms with Crippen LogP contribution in [-0.4, -0.2) is 35.7 Å². The largest absolute Gasteiger partial charge is 0.393 e. The lowest BCUT2D eigenvalue weighted by Crippen LogP contribution is -2.31. The van der Waals surface area contributed by atoms with Gasteiger partial charge >= 0.3 is 0 Å². The third-order valence-corrected chi connectivity index (χ3v) is 5.13. The van der Waals surface area contributed by atoms with E-state index in [1.165, 1.54) is 64.6 Å². The molecule has 0 radical (unpaired) electrons. The Labute approximate surface area is 111 Å². The maximum atomic E-state index is 9.73. The average molecular weight is 249 g/mol. The zero-order valence-electron chi connectivity index (χ0n) is 11.5. The van der Waals surface area contributed by atoms with Gasteiger partial charge < -0.3 is 10.0 Å². The molecule has 1 aliphatic heterocycles. The zero-order valence-corrected chi connectivity index (χ0v) is 11.5. The Balaban J connectivity index is 1.43. The summed E-state index contributed by atoms with van der Waals surface area (Å²) in [5, 5.41) is 9.73. The molecule has 0 spiro atoms. The van der Waals surface area contributed by atoms with E-state index in [0.717, 1.165) is 18.8 Å². The number of aliphatic hydroxyl groups is 1. The summed E-state index contributed by atoms with van der Waals surface area (Å²) in [5.74, 6) is 0.891. The van der Waals surface area contributed by atoms with Gasteiger partial charge in [-0.2, -0.15) is 0 Å². The van der Waals surface area contributed by atoms with Crippen LogP contribution in [0.15, 0.2) is 11.1 Å². The molecule has 0 aromatic rings. The molecule has 3 aliphatic rings. The van der Waals surface area contributed by atoms with Crippen molar-refractivity contribution in [3.05, 3.63) is 11.1 Å². The average Bonchev–Trinajstić information content (AvgIpc) is 2.79. The predicted octanol–water partition coefficient (Wildman–Crippen LogP) is 3.11. The van der Waals surface area contributed by atoms with Gasteiger partial charge in [0.2, 0.25) is 0 Å². The fourth-order valence-corrected chi connectivity index (χ4v) is 4.04. The Morgan fingerprint density at radius 2 is 1.78 bits per heavy atom. The Kier molecular flexibility index (Phi) is 4.05. The van der Waals surface area contributed by atoms with Gasteiger partial charge in [-0.15, -0.1) is 0 Å². The maximum Gasteiger partial charge on any atom is 0.0580 e. The van der Waals surface area contributed by atoms with Crippen molar-refractivity contribution in [3.63, 3.8) is 0 Å². The van der Waals surface area contributed by atoms with Crippen LogP contribution in [-0.2, 0) is 0 Å².